The Labute approximate surface area is 370 Å². The van der Waals surface area contributed by atoms with E-state index in [9.17, 15) is 9.59 Å². The van der Waals surface area contributed by atoms with Crippen LogP contribution in [-0.4, -0.2) is 134 Å². The van der Waals surface area contributed by atoms with E-state index < -0.39 is 33.8 Å². The van der Waals surface area contributed by atoms with Gasteiger partial charge in [0.1, 0.15) is 21.2 Å². The smallest absolute Gasteiger partial charge is 0.286 e. The minimum absolute atomic E-state index is 0.0678. The number of carbonyl (C=O) groups excluding carboxylic acids is 2. The fourth-order valence-corrected chi connectivity index (χ4v) is 13.3. The predicted octanol–water partition coefficient (Wildman–Crippen LogP) is 5.39. The molecule has 4 aliphatic heterocycles. The summed E-state index contributed by atoms with van der Waals surface area (Å²) in [6.07, 6.45) is 9.92. The lowest BCUT2D eigenvalue weighted by Crippen LogP contribution is -2.71. The second-order valence-electron chi connectivity index (χ2n) is 18.9. The van der Waals surface area contributed by atoms with Gasteiger partial charge in [0, 0.05) is 93.5 Å². The first kappa shape index (κ1) is 43.3. The molecule has 2 bridgehead atoms. The third-order valence-electron chi connectivity index (χ3n) is 14.2. The normalized spacial score (nSPS) is 31.3. The number of methoxy groups -OCH3 is 2. The Bertz CT molecular complexity index is 2350. The van der Waals surface area contributed by atoms with Gasteiger partial charge in [-0.25, -0.2) is 4.21 Å². The van der Waals surface area contributed by atoms with E-state index in [-0.39, 0.29) is 40.2 Å². The highest BCUT2D eigenvalue weighted by molar-refractivity contribution is 7.92. The van der Waals surface area contributed by atoms with Crippen LogP contribution >= 0.6 is 11.6 Å². The molecule has 2 saturated heterocycles. The zero-order chi connectivity index (χ0) is 43.4. The number of hydrogen-bond acceptors (Lipinski definition) is 11. The van der Waals surface area contributed by atoms with E-state index in [1.165, 1.54) is 29.1 Å². The molecule has 7 atom stereocenters. The molecule has 14 nitrogen and oxygen atoms in total. The van der Waals surface area contributed by atoms with E-state index in [1.54, 1.807) is 20.2 Å². The highest BCUT2D eigenvalue weighted by Crippen LogP contribution is 2.47. The average Bonchev–Trinajstić information content (AvgIpc) is 3.52. The third-order valence-corrected chi connectivity index (χ3v) is 16.4. The molecule has 334 valence electrons. The molecule has 3 fully saturated rings. The molecule has 3 aromatic rings. The predicted molar refractivity (Wildman–Crippen MR) is 239 cm³/mol. The lowest BCUT2D eigenvalue weighted by atomic mass is 9.68. The van der Waals surface area contributed by atoms with Gasteiger partial charge >= 0.3 is 0 Å². The van der Waals surface area contributed by atoms with Gasteiger partial charge in [-0.15, -0.1) is 9.46 Å². The molecule has 1 saturated carbocycles. The molecule has 6 aliphatic rings. The van der Waals surface area contributed by atoms with Gasteiger partial charge in [0.05, 0.1) is 44.0 Å². The third kappa shape index (κ3) is 8.52. The Hall–Kier alpha value is -3.99. The number of fused-ring (bicyclic) bond motifs is 4. The number of rotatable bonds is 8. The first-order chi connectivity index (χ1) is 29.8. The first-order valence-corrected chi connectivity index (χ1v) is 24.1. The van der Waals surface area contributed by atoms with Gasteiger partial charge in [-0.05, 0) is 92.4 Å². The van der Waals surface area contributed by atoms with E-state index in [2.05, 4.69) is 54.1 Å². The lowest BCUT2D eigenvalue weighted by Gasteiger charge is -2.59. The number of anilines is 1. The van der Waals surface area contributed by atoms with Crippen molar-refractivity contribution >= 4 is 39.0 Å². The van der Waals surface area contributed by atoms with Crippen LogP contribution in [-0.2, 0) is 38.3 Å². The van der Waals surface area contributed by atoms with Gasteiger partial charge in [0.25, 0.3) is 11.8 Å². The summed E-state index contributed by atoms with van der Waals surface area (Å²) in [4.78, 5) is 35.5. The Morgan fingerprint density at radius 2 is 1.85 bits per heavy atom. The molecule has 62 heavy (non-hydrogen) atoms. The fraction of sp³-hybridized carbons (Fsp3) is 0.587. The number of aryl methyl sites for hydroxylation is 2. The van der Waals surface area contributed by atoms with E-state index in [4.69, 9.17) is 30.5 Å². The summed E-state index contributed by atoms with van der Waals surface area (Å²) in [5.41, 5.74) is 3.73. The van der Waals surface area contributed by atoms with Crippen LogP contribution in [0.4, 0.5) is 5.69 Å². The summed E-state index contributed by atoms with van der Waals surface area (Å²) in [5.74, 6) is -0.689. The Kier molecular flexibility index (Phi) is 12.0. The van der Waals surface area contributed by atoms with Crippen molar-refractivity contribution in [2.45, 2.75) is 56.7 Å². The van der Waals surface area contributed by atoms with Gasteiger partial charge in [-0.2, -0.15) is 0 Å². The van der Waals surface area contributed by atoms with Gasteiger partial charge in [-0.3, -0.25) is 23.9 Å². The van der Waals surface area contributed by atoms with E-state index >= 15 is 4.21 Å². The van der Waals surface area contributed by atoms with E-state index in [0.29, 0.717) is 36.8 Å². The van der Waals surface area contributed by atoms with Crippen LogP contribution in [0.5, 0.6) is 11.6 Å². The molecular formula is C46H60ClN7O7S. The lowest BCUT2D eigenvalue weighted by molar-refractivity contribution is -0.112. The Balaban J connectivity index is 1.08. The Morgan fingerprint density at radius 1 is 1.05 bits per heavy atom. The van der Waals surface area contributed by atoms with Crippen LogP contribution < -0.4 is 19.1 Å². The summed E-state index contributed by atoms with van der Waals surface area (Å²) < 4.78 is 48.7. The standard InChI is InChI=1S/C46H60ClN7O7S/c1-30-23-62(57,50-43(56)36-22-52(3)48-44(36)59-5)49-42(55)32-9-13-41-38(20-32)54(28-46(29-61-41)16-6-7-31-19-34(47)10-12-37(31)46)21-33-8-11-35(33)40(58-4)15-14-39(30)60-18-17-53-26-45(27-53)24-51(2)25-45/h9-10,12-15,19-20,22,30,33,35,39-40H,6-8,11,16-18,21,23-29H2,1-5H3,(H,49,50,55,56,57)/b15-14+/t30-,33+,35-,39+,40+,46+,62+/m1/s1. The summed E-state index contributed by atoms with van der Waals surface area (Å²) in [6, 6.07) is 11.6. The molecule has 0 unspecified atom stereocenters. The number of amides is 2. The van der Waals surface area contributed by atoms with Crippen LogP contribution in [0.3, 0.4) is 0 Å². The minimum Gasteiger partial charge on any atom is -0.490 e. The molecular weight excluding hydrogens is 830 g/mol. The maximum Gasteiger partial charge on any atom is 0.286 e. The largest absolute Gasteiger partial charge is 0.490 e. The number of carbonyl (C=O) groups is 2. The zero-order valence-corrected chi connectivity index (χ0v) is 38.1. The van der Waals surface area contributed by atoms with Crippen molar-refractivity contribution in [2.75, 3.05) is 90.9 Å². The number of hydrogen-bond donors (Lipinski definition) is 1. The van der Waals surface area contributed by atoms with Crippen molar-refractivity contribution in [2.24, 2.45) is 34.6 Å². The quantitative estimate of drug-likeness (QED) is 0.292. The molecule has 2 aromatic carbocycles. The summed E-state index contributed by atoms with van der Waals surface area (Å²) in [7, 11) is 3.22. The zero-order valence-electron chi connectivity index (χ0n) is 36.5. The molecule has 9 rings (SSSR count). The molecule has 1 aromatic heterocycles. The van der Waals surface area contributed by atoms with Crippen molar-refractivity contribution in [3.63, 3.8) is 0 Å². The highest BCUT2D eigenvalue weighted by atomic mass is 35.5. The van der Waals surface area contributed by atoms with Crippen LogP contribution in [0.25, 0.3) is 0 Å². The number of benzene rings is 2. The topological polar surface area (TPSA) is 140 Å². The van der Waals surface area contributed by atoms with Gasteiger partial charge in [0.2, 0.25) is 5.88 Å². The Morgan fingerprint density at radius 3 is 2.60 bits per heavy atom. The van der Waals surface area contributed by atoms with Crippen molar-refractivity contribution in [3.05, 3.63) is 82.0 Å². The molecule has 1 N–H and O–H groups in total. The SMILES string of the molecule is COc1nn(C)cc1C(=O)N[S@@]1(=O)=NC(=O)c2ccc3c(c2)N(C[C@@H]2CC[C@H]2[C@@H](OC)/C=C/[C@H](OCCN2CC4(CN(C)C4)C2)[C@H](C)C1)C[C@@]1(CCCc2cc(Cl)ccc21)CO3. The molecule has 16 heteroatoms. The maximum absolute atomic E-state index is 15.2. The molecule has 2 amide bonds. The fourth-order valence-electron chi connectivity index (χ4n) is 11.2. The monoisotopic (exact) mass is 889 g/mol. The highest BCUT2D eigenvalue weighted by Gasteiger charge is 2.50. The summed E-state index contributed by atoms with van der Waals surface area (Å²) in [6.45, 7) is 9.42. The summed E-state index contributed by atoms with van der Waals surface area (Å²) in [5, 5.41) is 4.94. The number of nitrogens with one attached hydrogen (secondary N) is 1. The number of halogens is 1. The molecule has 5 heterocycles. The maximum atomic E-state index is 15.2. The van der Waals surface area contributed by atoms with Crippen molar-refractivity contribution in [3.8, 4) is 11.6 Å². The summed E-state index contributed by atoms with van der Waals surface area (Å²) >= 11 is 6.52. The average molecular weight is 891 g/mol. The second kappa shape index (κ2) is 17.2. The van der Waals surface area contributed by atoms with Crippen LogP contribution in [0.1, 0.15) is 64.4 Å². The van der Waals surface area contributed by atoms with Gasteiger partial charge < -0.3 is 28.7 Å². The molecule has 2 aliphatic carbocycles. The molecule has 2 spiro atoms. The molecule has 0 radical (unpaired) electrons. The first-order valence-electron chi connectivity index (χ1n) is 22.0. The number of ether oxygens (including phenoxy) is 4. The van der Waals surface area contributed by atoms with E-state index in [0.717, 1.165) is 82.1 Å². The van der Waals surface area contributed by atoms with Crippen LogP contribution in [0.2, 0.25) is 5.02 Å². The van der Waals surface area contributed by atoms with Gasteiger partial charge in [0.15, 0.2) is 0 Å². The van der Waals surface area contributed by atoms with Crippen LogP contribution in [0, 0.1) is 23.2 Å². The van der Waals surface area contributed by atoms with Crippen molar-refractivity contribution in [1.29, 1.82) is 0 Å². The van der Waals surface area contributed by atoms with Crippen molar-refractivity contribution in [1.82, 2.24) is 24.3 Å². The second-order valence-corrected chi connectivity index (χ2v) is 21.4. The number of likely N-dealkylation sites (tertiary alicyclic amines) is 2. The van der Waals surface area contributed by atoms with E-state index in [1.807, 2.05) is 31.2 Å². The number of nitrogens with zero attached hydrogens (tertiary/aromatic N) is 6. The van der Waals surface area contributed by atoms with Crippen LogP contribution in [0.15, 0.2) is 59.1 Å². The van der Waals surface area contributed by atoms with Gasteiger partial charge in [-0.1, -0.05) is 36.7 Å². The van der Waals surface area contributed by atoms with Crippen molar-refractivity contribution < 1.29 is 32.7 Å². The number of aromatic nitrogens is 2. The minimum atomic E-state index is -3.77.